The molecule has 0 aromatic heterocycles. The van der Waals surface area contributed by atoms with Gasteiger partial charge < -0.3 is 36.4 Å². The number of Topliss-reactive ketones (excluding diaryl/α,β-unsaturated/α-hetero) is 2. The van der Waals surface area contributed by atoms with Crippen LogP contribution in [0.25, 0.3) is 5.76 Å². The van der Waals surface area contributed by atoms with E-state index in [0.717, 1.165) is 0 Å². The van der Waals surface area contributed by atoms with Crippen LogP contribution in [0.2, 0.25) is 0 Å². The van der Waals surface area contributed by atoms with E-state index in [0.29, 0.717) is 0 Å². The van der Waals surface area contributed by atoms with Crippen LogP contribution >= 0.6 is 12.4 Å². The Morgan fingerprint density at radius 3 is 2.24 bits per heavy atom. The SMILES string of the molecule is CN(C)[C@@H]1C(=O)C(C(N)=O)=C(O)[C@@]2(O)C(=O)C3=C(O)c4c(O)cccc4[C@@](C)(O)C3[C@H](O)[C@@H]12.Cl. The Kier molecular flexibility index (Phi) is 5.88. The molecule has 0 heterocycles. The van der Waals surface area contributed by atoms with Crippen LogP contribution in [0.15, 0.2) is 35.1 Å². The minimum absolute atomic E-state index is 0. The maximum absolute atomic E-state index is 13.7. The Labute approximate surface area is 199 Å². The molecule has 34 heavy (non-hydrogen) atoms. The Balaban J connectivity index is 0.00000324. The van der Waals surface area contributed by atoms with Gasteiger partial charge in [-0.2, -0.15) is 0 Å². The molecule has 3 aliphatic rings. The maximum atomic E-state index is 13.7. The highest BCUT2D eigenvalue weighted by Crippen LogP contribution is 2.57. The van der Waals surface area contributed by atoms with Gasteiger partial charge in [0.2, 0.25) is 5.78 Å². The lowest BCUT2D eigenvalue weighted by atomic mass is 9.53. The number of ketones is 2. The lowest BCUT2D eigenvalue weighted by Crippen LogP contribution is -2.71. The number of amides is 1. The number of benzene rings is 1. The first kappa shape index (κ1) is 25.7. The number of hydrogen-bond acceptors (Lipinski definition) is 10. The average molecular weight is 497 g/mol. The van der Waals surface area contributed by atoms with Gasteiger partial charge in [0.05, 0.1) is 40.7 Å². The van der Waals surface area contributed by atoms with Gasteiger partial charge in [0, 0.05) is 0 Å². The molecule has 0 radical (unpaired) electrons. The molecule has 0 bridgehead atoms. The highest BCUT2D eigenvalue weighted by Gasteiger charge is 2.70. The Bertz CT molecular complexity index is 1190. The summed E-state index contributed by atoms with van der Waals surface area (Å²) in [5.41, 5.74) is -1.78. The highest BCUT2D eigenvalue weighted by molar-refractivity contribution is 6.24. The van der Waals surface area contributed by atoms with Crippen LogP contribution in [0.5, 0.6) is 5.75 Å². The number of fused-ring (bicyclic) bond motifs is 3. The lowest BCUT2D eigenvalue weighted by Gasteiger charge is -2.55. The fraction of sp³-hybridized carbons (Fsp3) is 0.409. The third kappa shape index (κ3) is 2.88. The second-order valence-electron chi connectivity index (χ2n) is 9.06. The largest absolute Gasteiger partial charge is 0.508 e. The van der Waals surface area contributed by atoms with Crippen LogP contribution < -0.4 is 5.73 Å². The molecule has 1 unspecified atom stereocenters. The predicted octanol–water partition coefficient (Wildman–Crippen LogP) is -0.978. The maximum Gasteiger partial charge on any atom is 0.255 e. The first-order valence-electron chi connectivity index (χ1n) is 10.1. The zero-order chi connectivity index (χ0) is 24.8. The monoisotopic (exact) mass is 496 g/mol. The number of phenols is 1. The number of rotatable bonds is 2. The number of aliphatic hydroxyl groups is 5. The van der Waals surface area contributed by atoms with E-state index in [-0.39, 0.29) is 23.5 Å². The number of phenolic OH excluding ortho intramolecular Hbond substituents is 1. The van der Waals surface area contributed by atoms with E-state index in [9.17, 15) is 45.0 Å². The number of aliphatic hydroxyl groups excluding tert-OH is 3. The second-order valence-corrected chi connectivity index (χ2v) is 9.06. The van der Waals surface area contributed by atoms with Crippen LogP contribution in [0.1, 0.15) is 18.1 Å². The predicted molar refractivity (Wildman–Crippen MR) is 119 cm³/mol. The van der Waals surface area contributed by atoms with Gasteiger partial charge in [-0.1, -0.05) is 12.1 Å². The Morgan fingerprint density at radius 1 is 1.12 bits per heavy atom. The van der Waals surface area contributed by atoms with Crippen molar-refractivity contribution in [3.8, 4) is 5.75 Å². The molecule has 0 aliphatic heterocycles. The average Bonchev–Trinajstić information content (AvgIpc) is 2.70. The summed E-state index contributed by atoms with van der Waals surface area (Å²) in [4.78, 5) is 39.9. The molecule has 1 fully saturated rings. The number of likely N-dealkylation sites (N-methyl/N-ethyl adjacent to an activating group) is 1. The van der Waals surface area contributed by atoms with Gasteiger partial charge in [-0.15, -0.1) is 12.4 Å². The molecule has 184 valence electrons. The summed E-state index contributed by atoms with van der Waals surface area (Å²) in [5, 5.41) is 66.3. The molecule has 0 spiro atoms. The summed E-state index contributed by atoms with van der Waals surface area (Å²) >= 11 is 0. The minimum Gasteiger partial charge on any atom is -0.508 e. The van der Waals surface area contributed by atoms with Crippen LogP contribution in [0.4, 0.5) is 0 Å². The van der Waals surface area contributed by atoms with Crippen molar-refractivity contribution in [2.75, 3.05) is 14.1 Å². The first-order valence-corrected chi connectivity index (χ1v) is 10.1. The molecule has 11 nitrogen and oxygen atoms in total. The summed E-state index contributed by atoms with van der Waals surface area (Å²) in [6, 6.07) is 2.50. The van der Waals surface area contributed by atoms with Crippen LogP contribution in [0.3, 0.4) is 0 Å². The molecule has 6 atom stereocenters. The molecule has 8 N–H and O–H groups in total. The molecule has 0 saturated heterocycles. The molecular weight excluding hydrogens is 472 g/mol. The standard InChI is InChI=1S/C22H24N2O9.ClH/c1-21(32)7-5-4-6-8(25)9(7)15(26)10-12(21)17(28)13-14(24(2)3)16(27)11(20(23)31)19(30)22(13,33)18(10)29;/h4-6,12-14,17,25-26,28,30,32-33H,1-3H3,(H2,23,31);1H/t12?,13-,14+,17+,21-,22+;/m1./s1. The van der Waals surface area contributed by atoms with E-state index in [2.05, 4.69) is 0 Å². The molecule has 1 amide bonds. The van der Waals surface area contributed by atoms with Gasteiger partial charge in [-0.05, 0) is 32.6 Å². The van der Waals surface area contributed by atoms with E-state index in [1.165, 1.54) is 44.1 Å². The van der Waals surface area contributed by atoms with E-state index >= 15 is 0 Å². The quantitative estimate of drug-likeness (QED) is 0.249. The van der Waals surface area contributed by atoms with E-state index in [1.54, 1.807) is 0 Å². The van der Waals surface area contributed by atoms with E-state index in [4.69, 9.17) is 5.73 Å². The van der Waals surface area contributed by atoms with Crippen LogP contribution in [-0.2, 0) is 20.0 Å². The van der Waals surface area contributed by atoms with Crippen molar-refractivity contribution in [3.63, 3.8) is 0 Å². The summed E-state index contributed by atoms with van der Waals surface area (Å²) in [6.07, 6.45) is -1.87. The van der Waals surface area contributed by atoms with Crippen molar-refractivity contribution in [1.82, 2.24) is 4.90 Å². The number of hydrogen-bond donors (Lipinski definition) is 7. The van der Waals surface area contributed by atoms with Gasteiger partial charge in [0.1, 0.15) is 22.8 Å². The lowest BCUT2D eigenvalue weighted by molar-refractivity contribution is -0.181. The molecule has 12 heteroatoms. The number of nitrogens with two attached hydrogens (primary N) is 1. The fourth-order valence-electron chi connectivity index (χ4n) is 5.60. The zero-order valence-corrected chi connectivity index (χ0v) is 19.2. The van der Waals surface area contributed by atoms with Gasteiger partial charge >= 0.3 is 0 Å². The summed E-state index contributed by atoms with van der Waals surface area (Å²) < 4.78 is 0. The second kappa shape index (κ2) is 7.79. The summed E-state index contributed by atoms with van der Waals surface area (Å²) in [6.45, 7) is 1.25. The molecular formula is C22H25ClN2O9. The number of nitrogens with zero attached hydrogens (tertiary/aromatic N) is 1. The van der Waals surface area contributed by atoms with Crippen molar-refractivity contribution < 1.29 is 45.0 Å². The van der Waals surface area contributed by atoms with Crippen LogP contribution in [-0.4, -0.2) is 84.9 Å². The van der Waals surface area contributed by atoms with Crippen molar-refractivity contribution in [3.05, 3.63) is 46.2 Å². The highest BCUT2D eigenvalue weighted by atomic mass is 35.5. The molecule has 1 aromatic carbocycles. The minimum atomic E-state index is -3.02. The van der Waals surface area contributed by atoms with E-state index in [1.807, 2.05) is 0 Å². The molecule has 1 aromatic rings. The number of primary amides is 1. The number of halogens is 1. The Morgan fingerprint density at radius 2 is 1.71 bits per heavy atom. The van der Waals surface area contributed by atoms with Crippen molar-refractivity contribution in [2.45, 2.75) is 30.3 Å². The van der Waals surface area contributed by atoms with Gasteiger partial charge in [-0.3, -0.25) is 19.3 Å². The topological polar surface area (TPSA) is 202 Å². The molecule has 1 saturated carbocycles. The van der Waals surface area contributed by atoms with E-state index < -0.39 is 81.1 Å². The normalized spacial score (nSPS) is 34.9. The van der Waals surface area contributed by atoms with Crippen molar-refractivity contribution in [2.24, 2.45) is 17.6 Å². The zero-order valence-electron chi connectivity index (χ0n) is 18.4. The van der Waals surface area contributed by atoms with Crippen LogP contribution in [0, 0.1) is 11.8 Å². The fourth-order valence-corrected chi connectivity index (χ4v) is 5.60. The van der Waals surface area contributed by atoms with Gasteiger partial charge in [0.25, 0.3) is 5.91 Å². The third-order valence-electron chi connectivity index (χ3n) is 7.03. The summed E-state index contributed by atoms with van der Waals surface area (Å²) in [7, 11) is 2.80. The first-order chi connectivity index (χ1) is 15.2. The third-order valence-corrected chi connectivity index (χ3v) is 7.03. The molecule has 3 aliphatic carbocycles. The van der Waals surface area contributed by atoms with Crippen molar-refractivity contribution in [1.29, 1.82) is 0 Å². The number of aromatic hydroxyl groups is 1. The van der Waals surface area contributed by atoms with Crippen molar-refractivity contribution >= 4 is 35.6 Å². The smallest absolute Gasteiger partial charge is 0.255 e. The van der Waals surface area contributed by atoms with Gasteiger partial charge in [0.15, 0.2) is 11.4 Å². The Hall–Kier alpha value is -2.96. The number of carbonyl (C=O) groups excluding carboxylic acids is 3. The summed E-state index contributed by atoms with van der Waals surface area (Å²) in [5.74, 6) is -9.67. The molecule has 4 rings (SSSR count). The van der Waals surface area contributed by atoms with Gasteiger partial charge in [-0.25, -0.2) is 0 Å². The number of carbonyl (C=O) groups is 3.